The number of rotatable bonds is 2. The topological polar surface area (TPSA) is 72.8 Å². The van der Waals surface area contributed by atoms with Crippen LogP contribution >= 0.6 is 0 Å². The van der Waals surface area contributed by atoms with Gasteiger partial charge in [-0.05, 0) is 18.2 Å². The van der Waals surface area contributed by atoms with E-state index in [-0.39, 0.29) is 5.91 Å². The number of hydrogen-bond acceptors (Lipinski definition) is 4. The van der Waals surface area contributed by atoms with E-state index in [9.17, 15) is 4.79 Å². The molecule has 0 saturated carbocycles. The summed E-state index contributed by atoms with van der Waals surface area (Å²) in [7, 11) is 1.59. The molecule has 1 N–H and O–H groups in total. The SMILES string of the molecule is COc1ccc2c(C(=O)n3cccn3)n[nH]c2c1. The van der Waals surface area contributed by atoms with Crippen LogP contribution in [0.2, 0.25) is 0 Å². The van der Waals surface area contributed by atoms with E-state index in [2.05, 4.69) is 15.3 Å². The van der Waals surface area contributed by atoms with Crippen molar-refractivity contribution in [1.29, 1.82) is 0 Å². The third kappa shape index (κ3) is 1.55. The highest BCUT2D eigenvalue weighted by atomic mass is 16.5. The van der Waals surface area contributed by atoms with E-state index in [0.717, 1.165) is 10.9 Å². The lowest BCUT2D eigenvalue weighted by Crippen LogP contribution is -2.13. The van der Waals surface area contributed by atoms with E-state index in [4.69, 9.17) is 4.74 Å². The van der Waals surface area contributed by atoms with Crippen LogP contribution in [-0.4, -0.2) is 33.0 Å². The molecule has 1 aromatic carbocycles. The fourth-order valence-electron chi connectivity index (χ4n) is 1.79. The average Bonchev–Trinajstić information content (AvgIpc) is 3.06. The van der Waals surface area contributed by atoms with Crippen LogP contribution in [0.15, 0.2) is 36.7 Å². The summed E-state index contributed by atoms with van der Waals surface area (Å²) in [5.41, 5.74) is 1.10. The number of H-pyrrole nitrogens is 1. The van der Waals surface area contributed by atoms with Crippen LogP contribution in [0.5, 0.6) is 5.75 Å². The first-order chi connectivity index (χ1) is 8.79. The van der Waals surface area contributed by atoms with Crippen molar-refractivity contribution in [2.75, 3.05) is 7.11 Å². The van der Waals surface area contributed by atoms with Gasteiger partial charge < -0.3 is 4.74 Å². The van der Waals surface area contributed by atoms with Crippen molar-refractivity contribution in [3.05, 3.63) is 42.4 Å². The van der Waals surface area contributed by atoms with Crippen molar-refractivity contribution >= 4 is 16.8 Å². The van der Waals surface area contributed by atoms with E-state index in [1.165, 1.54) is 4.68 Å². The summed E-state index contributed by atoms with van der Waals surface area (Å²) in [4.78, 5) is 12.1. The number of aromatic nitrogens is 4. The summed E-state index contributed by atoms with van der Waals surface area (Å²) in [6.07, 6.45) is 3.14. The first-order valence-corrected chi connectivity index (χ1v) is 5.36. The third-order valence-corrected chi connectivity index (χ3v) is 2.69. The second kappa shape index (κ2) is 3.99. The smallest absolute Gasteiger partial charge is 0.299 e. The lowest BCUT2D eigenvalue weighted by molar-refractivity contribution is 0.0941. The molecule has 0 unspecified atom stereocenters. The Hall–Kier alpha value is -2.63. The van der Waals surface area contributed by atoms with Gasteiger partial charge in [0.05, 0.1) is 12.6 Å². The van der Waals surface area contributed by atoms with Crippen molar-refractivity contribution in [2.45, 2.75) is 0 Å². The van der Waals surface area contributed by atoms with Crippen molar-refractivity contribution in [3.8, 4) is 5.75 Å². The van der Waals surface area contributed by atoms with E-state index >= 15 is 0 Å². The Labute approximate surface area is 102 Å². The summed E-state index contributed by atoms with van der Waals surface area (Å²) < 4.78 is 6.36. The minimum Gasteiger partial charge on any atom is -0.497 e. The van der Waals surface area contributed by atoms with Gasteiger partial charge in [0.15, 0.2) is 5.69 Å². The minimum atomic E-state index is -0.267. The third-order valence-electron chi connectivity index (χ3n) is 2.69. The van der Waals surface area contributed by atoms with Gasteiger partial charge in [-0.3, -0.25) is 9.89 Å². The van der Waals surface area contributed by atoms with Crippen LogP contribution in [0.1, 0.15) is 10.5 Å². The number of hydrogen-bond donors (Lipinski definition) is 1. The normalized spacial score (nSPS) is 10.7. The number of methoxy groups -OCH3 is 1. The van der Waals surface area contributed by atoms with Crippen LogP contribution in [0.3, 0.4) is 0 Å². The van der Waals surface area contributed by atoms with Crippen LogP contribution in [0, 0.1) is 0 Å². The molecular formula is C12H10N4O2. The molecule has 0 aliphatic rings. The van der Waals surface area contributed by atoms with Crippen LogP contribution in [-0.2, 0) is 0 Å². The highest BCUT2D eigenvalue weighted by Crippen LogP contribution is 2.21. The number of aromatic amines is 1. The largest absolute Gasteiger partial charge is 0.497 e. The first-order valence-electron chi connectivity index (χ1n) is 5.36. The van der Waals surface area contributed by atoms with Gasteiger partial charge >= 0.3 is 0 Å². The minimum absolute atomic E-state index is 0.267. The summed E-state index contributed by atoms with van der Waals surface area (Å²) in [6, 6.07) is 7.07. The Bertz CT molecular complexity index is 700. The zero-order chi connectivity index (χ0) is 12.5. The molecular weight excluding hydrogens is 232 g/mol. The predicted octanol–water partition coefficient (Wildman–Crippen LogP) is 1.46. The molecule has 6 nitrogen and oxygen atoms in total. The zero-order valence-corrected chi connectivity index (χ0v) is 9.62. The van der Waals surface area contributed by atoms with Crippen molar-refractivity contribution in [2.24, 2.45) is 0 Å². The Balaban J connectivity index is 2.11. The maximum absolute atomic E-state index is 12.1. The molecule has 0 saturated heterocycles. The number of nitrogens with zero attached hydrogens (tertiary/aromatic N) is 3. The van der Waals surface area contributed by atoms with Crippen molar-refractivity contribution < 1.29 is 9.53 Å². The Morgan fingerprint density at radius 2 is 2.33 bits per heavy atom. The second-order valence-electron chi connectivity index (χ2n) is 3.74. The summed E-state index contributed by atoms with van der Waals surface area (Å²) in [6.45, 7) is 0. The predicted molar refractivity (Wildman–Crippen MR) is 64.6 cm³/mol. The molecule has 0 atom stereocenters. The summed E-state index contributed by atoms with van der Waals surface area (Å²) >= 11 is 0. The molecule has 18 heavy (non-hydrogen) atoms. The van der Waals surface area contributed by atoms with Gasteiger partial charge in [0.1, 0.15) is 5.75 Å². The van der Waals surface area contributed by atoms with Crippen LogP contribution in [0.4, 0.5) is 0 Å². The van der Waals surface area contributed by atoms with Gasteiger partial charge in [0, 0.05) is 23.8 Å². The van der Waals surface area contributed by atoms with Crippen LogP contribution in [0.25, 0.3) is 10.9 Å². The number of carbonyl (C=O) groups excluding carboxylic acids is 1. The highest BCUT2D eigenvalue weighted by Gasteiger charge is 2.16. The molecule has 2 aromatic heterocycles. The Kier molecular flexibility index (Phi) is 2.33. The van der Waals surface area contributed by atoms with Gasteiger partial charge in [-0.15, -0.1) is 0 Å². The number of nitrogens with one attached hydrogen (secondary N) is 1. The zero-order valence-electron chi connectivity index (χ0n) is 9.62. The standard InChI is InChI=1S/C12H10N4O2/c1-18-8-3-4-9-10(7-8)14-15-11(9)12(17)16-6-2-5-13-16/h2-7H,1H3,(H,14,15). The molecule has 2 heterocycles. The molecule has 0 fully saturated rings. The molecule has 0 amide bonds. The number of benzene rings is 1. The lowest BCUT2D eigenvalue weighted by atomic mass is 10.2. The summed E-state index contributed by atoms with van der Waals surface area (Å²) in [5.74, 6) is 0.445. The lowest BCUT2D eigenvalue weighted by Gasteiger charge is -1.99. The molecule has 0 aliphatic heterocycles. The van der Waals surface area contributed by atoms with E-state index in [1.807, 2.05) is 0 Å². The molecule has 90 valence electrons. The van der Waals surface area contributed by atoms with Gasteiger partial charge in [-0.2, -0.15) is 10.2 Å². The number of ether oxygens (including phenoxy) is 1. The fourth-order valence-corrected chi connectivity index (χ4v) is 1.79. The molecule has 0 radical (unpaired) electrons. The Morgan fingerprint density at radius 3 is 3.06 bits per heavy atom. The summed E-state index contributed by atoms with van der Waals surface area (Å²) in [5, 5.41) is 11.5. The molecule has 3 aromatic rings. The van der Waals surface area contributed by atoms with Crippen molar-refractivity contribution in [3.63, 3.8) is 0 Å². The van der Waals surface area contributed by atoms with Gasteiger partial charge in [0.25, 0.3) is 5.91 Å². The molecule has 6 heteroatoms. The molecule has 0 aliphatic carbocycles. The molecule has 3 rings (SSSR count). The first kappa shape index (κ1) is 10.5. The second-order valence-corrected chi connectivity index (χ2v) is 3.74. The maximum Gasteiger partial charge on any atom is 0.299 e. The van der Waals surface area contributed by atoms with Gasteiger partial charge in [-0.1, -0.05) is 0 Å². The van der Waals surface area contributed by atoms with Crippen molar-refractivity contribution in [1.82, 2.24) is 20.0 Å². The van der Waals surface area contributed by atoms with E-state index < -0.39 is 0 Å². The molecule has 0 spiro atoms. The van der Waals surface area contributed by atoms with Gasteiger partial charge in [0.2, 0.25) is 0 Å². The molecule has 0 bridgehead atoms. The monoisotopic (exact) mass is 242 g/mol. The average molecular weight is 242 g/mol. The van der Waals surface area contributed by atoms with Crippen LogP contribution < -0.4 is 4.74 Å². The van der Waals surface area contributed by atoms with Gasteiger partial charge in [-0.25, -0.2) is 4.68 Å². The highest BCUT2D eigenvalue weighted by molar-refractivity contribution is 6.05. The van der Waals surface area contributed by atoms with E-state index in [0.29, 0.717) is 11.4 Å². The Morgan fingerprint density at radius 1 is 1.44 bits per heavy atom. The maximum atomic E-state index is 12.1. The van der Waals surface area contributed by atoms with E-state index in [1.54, 1.807) is 43.8 Å². The fraction of sp³-hybridized carbons (Fsp3) is 0.0833. The number of fused-ring (bicyclic) bond motifs is 1. The quantitative estimate of drug-likeness (QED) is 0.738. The number of carbonyl (C=O) groups is 1.